The molecule has 16 heavy (non-hydrogen) atoms. The zero-order chi connectivity index (χ0) is 11.5. The third-order valence-electron chi connectivity index (χ3n) is 2.79. The summed E-state index contributed by atoms with van der Waals surface area (Å²) < 4.78 is 7.94. The van der Waals surface area contributed by atoms with Crippen LogP contribution < -0.4 is 0 Å². The number of ether oxygens (including phenoxy) is 1. The van der Waals surface area contributed by atoms with Crippen LogP contribution in [-0.4, -0.2) is 46.1 Å². The zero-order valence-corrected chi connectivity index (χ0v) is 10.9. The Hall–Kier alpha value is -0.430. The lowest BCUT2D eigenvalue weighted by Gasteiger charge is -2.25. The van der Waals surface area contributed by atoms with Gasteiger partial charge in [0.2, 0.25) is 0 Å². The van der Waals surface area contributed by atoms with Crippen LogP contribution in [0.4, 0.5) is 0 Å². The summed E-state index contributed by atoms with van der Waals surface area (Å²) in [7, 11) is 1.85. The number of hydrogen-bond acceptors (Lipinski definition) is 4. The number of aryl methyl sites for hydroxylation is 1. The minimum Gasteiger partial charge on any atom is -0.390 e. The fourth-order valence-corrected chi connectivity index (χ4v) is 2.42. The van der Waals surface area contributed by atoms with Gasteiger partial charge >= 0.3 is 0 Å². The van der Waals surface area contributed by atoms with E-state index in [4.69, 9.17) is 4.74 Å². The Morgan fingerprint density at radius 3 is 2.69 bits per heavy atom. The predicted octanol–water partition coefficient (Wildman–Crippen LogP) is 0.507. The van der Waals surface area contributed by atoms with Gasteiger partial charge in [0.05, 0.1) is 35.7 Å². The highest BCUT2D eigenvalue weighted by Crippen LogP contribution is 2.22. The van der Waals surface area contributed by atoms with Gasteiger partial charge < -0.3 is 9.84 Å². The molecule has 0 radical (unpaired) electrons. The molecule has 1 aromatic heterocycles. The summed E-state index contributed by atoms with van der Waals surface area (Å²) in [5.74, 6) is 0. The Morgan fingerprint density at radius 2 is 2.12 bits per heavy atom. The molecule has 90 valence electrons. The maximum atomic E-state index is 9.19. The number of morpholine rings is 1. The molecular weight excluding hydrogens is 274 g/mol. The Morgan fingerprint density at radius 1 is 1.44 bits per heavy atom. The van der Waals surface area contributed by atoms with Crippen molar-refractivity contribution in [1.29, 1.82) is 0 Å². The van der Waals surface area contributed by atoms with Crippen LogP contribution in [0.25, 0.3) is 0 Å². The van der Waals surface area contributed by atoms with E-state index in [1.54, 1.807) is 4.68 Å². The molecule has 0 atom stereocenters. The summed E-state index contributed by atoms with van der Waals surface area (Å²) in [4.78, 5) is 2.30. The summed E-state index contributed by atoms with van der Waals surface area (Å²) in [5.41, 5.74) is 1.80. The number of rotatable bonds is 3. The van der Waals surface area contributed by atoms with Crippen LogP contribution in [0.15, 0.2) is 4.47 Å². The number of nitrogens with zero attached hydrogens (tertiary/aromatic N) is 3. The van der Waals surface area contributed by atoms with Gasteiger partial charge in [0.25, 0.3) is 0 Å². The molecule has 6 heteroatoms. The first-order chi connectivity index (χ1) is 7.72. The number of aliphatic hydroxyl groups excluding tert-OH is 1. The molecule has 0 unspecified atom stereocenters. The second-order valence-electron chi connectivity index (χ2n) is 3.88. The van der Waals surface area contributed by atoms with E-state index in [0.29, 0.717) is 0 Å². The van der Waals surface area contributed by atoms with Crippen LogP contribution in [0.2, 0.25) is 0 Å². The van der Waals surface area contributed by atoms with E-state index in [2.05, 4.69) is 25.9 Å². The van der Waals surface area contributed by atoms with Crippen molar-refractivity contribution in [3.63, 3.8) is 0 Å². The van der Waals surface area contributed by atoms with Crippen molar-refractivity contribution >= 4 is 15.9 Å². The van der Waals surface area contributed by atoms with Crippen molar-refractivity contribution in [2.45, 2.75) is 13.2 Å². The Labute approximate surface area is 103 Å². The normalized spacial score (nSPS) is 17.9. The van der Waals surface area contributed by atoms with Crippen molar-refractivity contribution in [3.05, 3.63) is 15.9 Å². The van der Waals surface area contributed by atoms with Gasteiger partial charge in [-0.05, 0) is 15.9 Å². The van der Waals surface area contributed by atoms with Crippen molar-refractivity contribution in [2.24, 2.45) is 7.05 Å². The summed E-state index contributed by atoms with van der Waals surface area (Å²) in [6, 6.07) is 0. The molecule has 0 spiro atoms. The maximum Gasteiger partial charge on any atom is 0.0910 e. The van der Waals surface area contributed by atoms with E-state index < -0.39 is 0 Å². The van der Waals surface area contributed by atoms with Crippen LogP contribution in [0.5, 0.6) is 0 Å². The molecule has 0 saturated carbocycles. The summed E-state index contributed by atoms with van der Waals surface area (Å²) in [5, 5.41) is 13.6. The highest BCUT2D eigenvalue weighted by Gasteiger charge is 2.17. The molecule has 1 aliphatic heterocycles. The molecule has 0 aromatic carbocycles. The van der Waals surface area contributed by atoms with Crippen LogP contribution in [0, 0.1) is 0 Å². The average molecular weight is 290 g/mol. The molecule has 0 amide bonds. The molecule has 5 nitrogen and oxygen atoms in total. The first kappa shape index (κ1) is 12.0. The van der Waals surface area contributed by atoms with E-state index >= 15 is 0 Å². The van der Waals surface area contributed by atoms with Crippen molar-refractivity contribution in [3.8, 4) is 0 Å². The van der Waals surface area contributed by atoms with Gasteiger partial charge in [-0.15, -0.1) is 0 Å². The highest BCUT2D eigenvalue weighted by atomic mass is 79.9. The fourth-order valence-electron chi connectivity index (χ4n) is 1.84. The topological polar surface area (TPSA) is 50.5 Å². The molecule has 2 rings (SSSR count). The van der Waals surface area contributed by atoms with Gasteiger partial charge in [-0.2, -0.15) is 5.10 Å². The molecule has 1 aliphatic rings. The van der Waals surface area contributed by atoms with E-state index in [1.807, 2.05) is 7.05 Å². The van der Waals surface area contributed by atoms with Gasteiger partial charge in [0.1, 0.15) is 0 Å². The van der Waals surface area contributed by atoms with Crippen LogP contribution in [0.1, 0.15) is 11.4 Å². The van der Waals surface area contributed by atoms with Crippen molar-refractivity contribution < 1.29 is 9.84 Å². The largest absolute Gasteiger partial charge is 0.390 e. The second-order valence-corrected chi connectivity index (χ2v) is 4.67. The third-order valence-corrected chi connectivity index (χ3v) is 3.71. The average Bonchev–Trinajstić information content (AvgIpc) is 2.55. The van der Waals surface area contributed by atoms with Gasteiger partial charge in [-0.3, -0.25) is 9.58 Å². The Bertz CT molecular complexity index is 361. The zero-order valence-electron chi connectivity index (χ0n) is 9.32. The number of aliphatic hydroxyl groups is 1. The minimum absolute atomic E-state index is 0.00714. The molecule has 1 fully saturated rings. The fraction of sp³-hybridized carbons (Fsp3) is 0.700. The van der Waals surface area contributed by atoms with Crippen molar-refractivity contribution in [1.82, 2.24) is 14.7 Å². The van der Waals surface area contributed by atoms with Gasteiger partial charge in [0.15, 0.2) is 0 Å². The molecule has 1 N–H and O–H groups in total. The summed E-state index contributed by atoms with van der Waals surface area (Å²) in [6.07, 6.45) is 0. The molecule has 1 saturated heterocycles. The predicted molar refractivity (Wildman–Crippen MR) is 62.9 cm³/mol. The van der Waals surface area contributed by atoms with E-state index in [9.17, 15) is 5.11 Å². The highest BCUT2D eigenvalue weighted by molar-refractivity contribution is 9.10. The number of aromatic nitrogens is 2. The maximum absolute atomic E-state index is 9.19. The van der Waals surface area contributed by atoms with E-state index in [0.717, 1.165) is 48.7 Å². The van der Waals surface area contributed by atoms with Crippen LogP contribution >= 0.6 is 15.9 Å². The van der Waals surface area contributed by atoms with Gasteiger partial charge in [-0.1, -0.05) is 0 Å². The van der Waals surface area contributed by atoms with Crippen LogP contribution in [0.3, 0.4) is 0 Å². The number of hydrogen-bond donors (Lipinski definition) is 1. The van der Waals surface area contributed by atoms with E-state index in [1.165, 1.54) is 0 Å². The third kappa shape index (κ3) is 2.45. The van der Waals surface area contributed by atoms with Gasteiger partial charge in [0, 0.05) is 26.7 Å². The van der Waals surface area contributed by atoms with E-state index in [-0.39, 0.29) is 6.61 Å². The molecule has 0 bridgehead atoms. The molecular formula is C10H16BrN3O2. The second kappa shape index (κ2) is 5.27. The molecule has 2 heterocycles. The minimum atomic E-state index is 0.00714. The van der Waals surface area contributed by atoms with Crippen molar-refractivity contribution in [2.75, 3.05) is 26.3 Å². The summed E-state index contributed by atoms with van der Waals surface area (Å²) >= 11 is 3.49. The molecule has 0 aliphatic carbocycles. The SMILES string of the molecule is Cn1nc(CN2CCOCC2)c(Br)c1CO. The number of halogens is 1. The monoisotopic (exact) mass is 289 g/mol. The lowest BCUT2D eigenvalue weighted by molar-refractivity contribution is 0.0335. The first-order valence-electron chi connectivity index (χ1n) is 5.33. The van der Waals surface area contributed by atoms with Crippen LogP contribution in [-0.2, 0) is 24.9 Å². The quantitative estimate of drug-likeness (QED) is 0.881. The smallest absolute Gasteiger partial charge is 0.0910 e. The first-order valence-corrected chi connectivity index (χ1v) is 6.13. The Kier molecular flexibility index (Phi) is 3.96. The lowest BCUT2D eigenvalue weighted by Crippen LogP contribution is -2.35. The summed E-state index contributed by atoms with van der Waals surface area (Å²) in [6.45, 7) is 4.27. The Balaban J connectivity index is 2.08. The molecule has 1 aromatic rings. The lowest BCUT2D eigenvalue weighted by atomic mass is 10.3. The standard InChI is InChI=1S/C10H16BrN3O2/c1-13-9(7-15)10(11)8(12-13)6-14-2-4-16-5-3-14/h15H,2-7H2,1H3. The van der Waals surface area contributed by atoms with Gasteiger partial charge in [-0.25, -0.2) is 0 Å².